The summed E-state index contributed by atoms with van der Waals surface area (Å²) in [6.07, 6.45) is 0.293. The fourth-order valence-electron chi connectivity index (χ4n) is 2.78. The van der Waals surface area contributed by atoms with Gasteiger partial charge in [-0.2, -0.15) is 0 Å². The number of carbonyl (C=O) groups excluding carboxylic acids is 2. The van der Waals surface area contributed by atoms with Crippen LogP contribution in [0.25, 0.3) is 10.9 Å². The summed E-state index contributed by atoms with van der Waals surface area (Å²) in [5.74, 6) is -0.268. The van der Waals surface area contributed by atoms with Crippen molar-refractivity contribution in [1.82, 2.24) is 10.3 Å². The van der Waals surface area contributed by atoms with Crippen LogP contribution in [0.2, 0.25) is 5.02 Å². The van der Waals surface area contributed by atoms with E-state index >= 15 is 0 Å². The fourth-order valence-corrected chi connectivity index (χ4v) is 3.02. The van der Waals surface area contributed by atoms with E-state index in [0.717, 1.165) is 22.2 Å². The largest absolute Gasteiger partial charge is 0.359 e. The number of benzene rings is 2. The number of carbonyl (C=O) groups is 2. The molecule has 3 aromatic rings. The van der Waals surface area contributed by atoms with Crippen LogP contribution < -0.4 is 5.32 Å². The molecule has 0 radical (unpaired) electrons. The molecule has 0 unspecified atom stereocenters. The van der Waals surface area contributed by atoms with Gasteiger partial charge in [-0.15, -0.1) is 0 Å². The third-order valence-corrected chi connectivity index (χ3v) is 4.39. The van der Waals surface area contributed by atoms with Gasteiger partial charge in [0.15, 0.2) is 5.78 Å². The molecule has 2 aromatic carbocycles. The third kappa shape index (κ3) is 4.28. The number of hydrogen-bond acceptors (Lipinski definition) is 2. The summed E-state index contributed by atoms with van der Waals surface area (Å²) in [4.78, 5) is 27.4. The number of H-pyrrole nitrogens is 1. The molecule has 0 aliphatic carbocycles. The predicted molar refractivity (Wildman–Crippen MR) is 99.9 cm³/mol. The number of amides is 1. The molecule has 0 atom stereocenters. The van der Waals surface area contributed by atoms with E-state index < -0.39 is 0 Å². The molecule has 2 N–H and O–H groups in total. The van der Waals surface area contributed by atoms with Crippen LogP contribution in [0.3, 0.4) is 0 Å². The van der Waals surface area contributed by atoms with Gasteiger partial charge in [0, 0.05) is 36.2 Å². The average Bonchev–Trinajstić information content (AvgIpc) is 2.97. The predicted octanol–water partition coefficient (Wildman–Crippen LogP) is 4.41. The van der Waals surface area contributed by atoms with E-state index in [4.69, 9.17) is 11.6 Å². The highest BCUT2D eigenvalue weighted by molar-refractivity contribution is 6.34. The molecule has 25 heavy (non-hydrogen) atoms. The van der Waals surface area contributed by atoms with Crippen LogP contribution in [0.15, 0.2) is 48.5 Å². The standard InChI is InChI=1S/C20H19ClN2O2/c1-13-10-15-11-14(6-7-18(15)23-13)12-22-20(25)9-8-19(24)16-4-2-3-5-17(16)21/h2-7,10-11,23H,8-9,12H2,1H3,(H,22,25). The van der Waals surface area contributed by atoms with E-state index in [2.05, 4.69) is 16.4 Å². The molecular formula is C20H19ClN2O2. The number of aromatic nitrogens is 1. The highest BCUT2D eigenvalue weighted by Crippen LogP contribution is 2.18. The maximum atomic E-state index is 12.1. The first-order chi connectivity index (χ1) is 12.0. The van der Waals surface area contributed by atoms with Crippen molar-refractivity contribution in [1.29, 1.82) is 0 Å². The molecule has 4 nitrogen and oxygen atoms in total. The summed E-state index contributed by atoms with van der Waals surface area (Å²) < 4.78 is 0. The van der Waals surface area contributed by atoms with Crippen LogP contribution in [0.5, 0.6) is 0 Å². The lowest BCUT2D eigenvalue weighted by Crippen LogP contribution is -2.23. The minimum Gasteiger partial charge on any atom is -0.359 e. The first kappa shape index (κ1) is 17.2. The number of Topliss-reactive ketones (excluding diaryl/α,β-unsaturated/α-hetero) is 1. The van der Waals surface area contributed by atoms with Crippen LogP contribution >= 0.6 is 11.6 Å². The van der Waals surface area contributed by atoms with Gasteiger partial charge < -0.3 is 10.3 Å². The molecule has 1 heterocycles. The zero-order chi connectivity index (χ0) is 17.8. The lowest BCUT2D eigenvalue weighted by atomic mass is 10.1. The molecule has 0 fully saturated rings. The van der Waals surface area contributed by atoms with Gasteiger partial charge in [0.05, 0.1) is 5.02 Å². The second-order valence-electron chi connectivity index (χ2n) is 6.05. The minimum atomic E-state index is -0.147. The van der Waals surface area contributed by atoms with Gasteiger partial charge in [0.25, 0.3) is 0 Å². The number of fused-ring (bicyclic) bond motifs is 1. The monoisotopic (exact) mass is 354 g/mol. The zero-order valence-corrected chi connectivity index (χ0v) is 14.7. The Hall–Kier alpha value is -2.59. The van der Waals surface area contributed by atoms with Gasteiger partial charge in [-0.1, -0.05) is 29.8 Å². The van der Waals surface area contributed by atoms with Gasteiger partial charge in [-0.05, 0) is 48.2 Å². The van der Waals surface area contributed by atoms with Crippen molar-refractivity contribution in [3.05, 3.63) is 70.4 Å². The van der Waals surface area contributed by atoms with Crippen molar-refractivity contribution in [2.45, 2.75) is 26.3 Å². The summed E-state index contributed by atoms with van der Waals surface area (Å²) in [6.45, 7) is 2.46. The Morgan fingerprint density at radius 3 is 2.68 bits per heavy atom. The highest BCUT2D eigenvalue weighted by atomic mass is 35.5. The van der Waals surface area contributed by atoms with Gasteiger partial charge in [0.2, 0.25) is 5.91 Å². The van der Waals surface area contributed by atoms with E-state index in [1.54, 1.807) is 24.3 Å². The molecule has 0 spiro atoms. The number of halogens is 1. The topological polar surface area (TPSA) is 62.0 Å². The summed E-state index contributed by atoms with van der Waals surface area (Å²) in [5.41, 5.74) is 3.68. The number of rotatable bonds is 6. The molecule has 3 rings (SSSR count). The maximum Gasteiger partial charge on any atom is 0.220 e. The number of nitrogens with one attached hydrogen (secondary N) is 2. The smallest absolute Gasteiger partial charge is 0.220 e. The molecule has 0 aliphatic heterocycles. The Labute approximate surface area is 151 Å². The minimum absolute atomic E-state index is 0.120. The van der Waals surface area contributed by atoms with E-state index in [1.807, 2.05) is 25.1 Å². The van der Waals surface area contributed by atoms with Gasteiger partial charge in [-0.25, -0.2) is 0 Å². The van der Waals surface area contributed by atoms with Crippen molar-refractivity contribution >= 4 is 34.2 Å². The van der Waals surface area contributed by atoms with Crippen LogP contribution in [0, 0.1) is 6.92 Å². The van der Waals surface area contributed by atoms with Crippen molar-refractivity contribution in [2.24, 2.45) is 0 Å². The number of aryl methyl sites for hydroxylation is 1. The third-order valence-electron chi connectivity index (χ3n) is 4.06. The zero-order valence-electron chi connectivity index (χ0n) is 13.9. The molecule has 1 aromatic heterocycles. The Morgan fingerprint density at radius 2 is 1.88 bits per heavy atom. The first-order valence-electron chi connectivity index (χ1n) is 8.15. The lowest BCUT2D eigenvalue weighted by molar-refractivity contribution is -0.121. The highest BCUT2D eigenvalue weighted by Gasteiger charge is 2.12. The van der Waals surface area contributed by atoms with E-state index in [9.17, 15) is 9.59 Å². The summed E-state index contributed by atoms with van der Waals surface area (Å²) >= 11 is 6.00. The van der Waals surface area contributed by atoms with Crippen molar-refractivity contribution in [2.75, 3.05) is 0 Å². The van der Waals surface area contributed by atoms with E-state index in [-0.39, 0.29) is 24.5 Å². The fraction of sp³-hybridized carbons (Fsp3) is 0.200. The van der Waals surface area contributed by atoms with E-state index in [0.29, 0.717) is 17.1 Å². The van der Waals surface area contributed by atoms with Crippen molar-refractivity contribution in [3.63, 3.8) is 0 Å². The second-order valence-corrected chi connectivity index (χ2v) is 6.46. The quantitative estimate of drug-likeness (QED) is 0.644. The normalized spacial score (nSPS) is 10.8. The van der Waals surface area contributed by atoms with E-state index in [1.165, 1.54) is 0 Å². The Bertz CT molecular complexity index is 930. The van der Waals surface area contributed by atoms with Gasteiger partial charge in [0.1, 0.15) is 0 Å². The van der Waals surface area contributed by atoms with Crippen LogP contribution in [0.4, 0.5) is 0 Å². The van der Waals surface area contributed by atoms with Crippen LogP contribution in [0.1, 0.15) is 34.5 Å². The Kier molecular flexibility index (Phi) is 5.19. The van der Waals surface area contributed by atoms with Crippen molar-refractivity contribution < 1.29 is 9.59 Å². The van der Waals surface area contributed by atoms with Crippen molar-refractivity contribution in [3.8, 4) is 0 Å². The number of aromatic amines is 1. The molecule has 0 saturated carbocycles. The van der Waals surface area contributed by atoms with Crippen LogP contribution in [-0.2, 0) is 11.3 Å². The SMILES string of the molecule is Cc1cc2cc(CNC(=O)CCC(=O)c3ccccc3Cl)ccc2[nH]1. The van der Waals surface area contributed by atoms with Gasteiger partial charge in [-0.3, -0.25) is 9.59 Å². The molecular weight excluding hydrogens is 336 g/mol. The molecule has 0 bridgehead atoms. The van der Waals surface area contributed by atoms with Crippen LogP contribution in [-0.4, -0.2) is 16.7 Å². The molecule has 1 amide bonds. The molecule has 128 valence electrons. The Balaban J connectivity index is 1.52. The lowest BCUT2D eigenvalue weighted by Gasteiger charge is -2.06. The van der Waals surface area contributed by atoms with Gasteiger partial charge >= 0.3 is 0 Å². The second kappa shape index (κ2) is 7.53. The molecule has 0 saturated heterocycles. The molecule has 0 aliphatic rings. The summed E-state index contributed by atoms with van der Waals surface area (Å²) in [5, 5.41) is 4.40. The Morgan fingerprint density at radius 1 is 1.08 bits per heavy atom. The molecule has 5 heteroatoms. The maximum absolute atomic E-state index is 12.1. The summed E-state index contributed by atoms with van der Waals surface area (Å²) in [6, 6.07) is 15.0. The first-order valence-corrected chi connectivity index (χ1v) is 8.53. The number of ketones is 1. The number of hydrogen-bond donors (Lipinski definition) is 2. The summed E-state index contributed by atoms with van der Waals surface area (Å²) in [7, 11) is 0. The average molecular weight is 355 g/mol.